The average Bonchev–Trinajstić information content (AvgIpc) is 2.93. The Morgan fingerprint density at radius 2 is 2.15 bits per heavy atom. The molecule has 2 rings (SSSR count). The van der Waals surface area contributed by atoms with Gasteiger partial charge >= 0.3 is 5.97 Å². The zero-order valence-corrected chi connectivity index (χ0v) is 14.0. The van der Waals surface area contributed by atoms with E-state index in [1.165, 1.54) is 25.1 Å². The van der Waals surface area contributed by atoms with Gasteiger partial charge in [0.05, 0.1) is 23.3 Å². The Hall–Kier alpha value is -3.63. The number of nitrogens with zero attached hydrogens (tertiary/aromatic N) is 2. The number of nitrogens with two attached hydrogens (primary N) is 1. The first kappa shape index (κ1) is 18.7. The number of nitro groups is 1. The molecule has 0 bridgehead atoms. The van der Waals surface area contributed by atoms with Crippen molar-refractivity contribution < 1.29 is 28.5 Å². The summed E-state index contributed by atoms with van der Waals surface area (Å²) in [6.45, 7) is 2.89. The minimum absolute atomic E-state index is 0.0554. The number of carbonyl (C=O) groups excluding carboxylic acids is 2. The third kappa shape index (κ3) is 4.26. The summed E-state index contributed by atoms with van der Waals surface area (Å²) in [7, 11) is 0. The van der Waals surface area contributed by atoms with Gasteiger partial charge in [-0.15, -0.1) is 0 Å². The van der Waals surface area contributed by atoms with Crippen LogP contribution in [0, 0.1) is 17.0 Å². The summed E-state index contributed by atoms with van der Waals surface area (Å²) in [6.07, 6.45) is 0. The maximum atomic E-state index is 11.9. The van der Waals surface area contributed by atoms with Crippen LogP contribution in [0.3, 0.4) is 0 Å². The molecule has 0 saturated heterocycles. The predicted molar refractivity (Wildman–Crippen MR) is 88.8 cm³/mol. The van der Waals surface area contributed by atoms with Crippen molar-refractivity contribution in [3.63, 3.8) is 0 Å². The van der Waals surface area contributed by atoms with Crippen LogP contribution in [0.4, 0.5) is 17.3 Å². The van der Waals surface area contributed by atoms with Gasteiger partial charge in [-0.2, -0.15) is 0 Å². The molecule has 11 nitrogen and oxygen atoms in total. The van der Waals surface area contributed by atoms with Crippen molar-refractivity contribution in [2.45, 2.75) is 13.8 Å². The smallest absolute Gasteiger partial charge is 0.346 e. The molecule has 0 unspecified atom stereocenters. The lowest BCUT2D eigenvalue weighted by atomic mass is 10.2. The van der Waals surface area contributed by atoms with E-state index in [-0.39, 0.29) is 28.5 Å². The summed E-state index contributed by atoms with van der Waals surface area (Å²) in [5.74, 6) is -1.59. The number of rotatable bonds is 7. The number of benzene rings is 1. The summed E-state index contributed by atoms with van der Waals surface area (Å²) < 4.78 is 14.6. The molecule has 138 valence electrons. The van der Waals surface area contributed by atoms with E-state index in [0.29, 0.717) is 12.4 Å². The molecule has 0 aliphatic carbocycles. The molecule has 2 aromatic rings. The third-order valence-corrected chi connectivity index (χ3v) is 3.18. The van der Waals surface area contributed by atoms with E-state index >= 15 is 0 Å². The second-order valence-electron chi connectivity index (χ2n) is 5.00. The third-order valence-electron chi connectivity index (χ3n) is 3.18. The van der Waals surface area contributed by atoms with E-state index in [2.05, 4.69) is 15.0 Å². The lowest BCUT2D eigenvalue weighted by Crippen LogP contribution is -2.22. The fourth-order valence-corrected chi connectivity index (χ4v) is 2.05. The zero-order chi connectivity index (χ0) is 19.3. The largest absolute Gasteiger partial charge is 0.494 e. The van der Waals surface area contributed by atoms with Crippen LogP contribution in [0.2, 0.25) is 0 Å². The second-order valence-corrected chi connectivity index (χ2v) is 5.00. The summed E-state index contributed by atoms with van der Waals surface area (Å²) in [4.78, 5) is 34.3. The van der Waals surface area contributed by atoms with Gasteiger partial charge in [0.15, 0.2) is 6.61 Å². The van der Waals surface area contributed by atoms with E-state index in [4.69, 9.17) is 15.2 Å². The predicted octanol–water partition coefficient (Wildman–Crippen LogP) is 1.67. The van der Waals surface area contributed by atoms with Crippen LogP contribution in [-0.4, -0.2) is 35.2 Å². The zero-order valence-electron chi connectivity index (χ0n) is 14.0. The first-order chi connectivity index (χ1) is 12.3. The van der Waals surface area contributed by atoms with Crippen molar-refractivity contribution in [3.8, 4) is 5.75 Å². The van der Waals surface area contributed by atoms with Gasteiger partial charge in [0.2, 0.25) is 5.88 Å². The Morgan fingerprint density at radius 1 is 1.42 bits per heavy atom. The van der Waals surface area contributed by atoms with Crippen LogP contribution >= 0.6 is 0 Å². The van der Waals surface area contributed by atoms with Crippen molar-refractivity contribution in [3.05, 3.63) is 39.6 Å². The first-order valence-electron chi connectivity index (χ1n) is 7.43. The van der Waals surface area contributed by atoms with E-state index in [9.17, 15) is 19.7 Å². The Kier molecular flexibility index (Phi) is 5.73. The van der Waals surface area contributed by atoms with Crippen molar-refractivity contribution in [2.24, 2.45) is 0 Å². The average molecular weight is 364 g/mol. The minimum atomic E-state index is -0.891. The number of esters is 1. The molecule has 1 amide bonds. The molecule has 0 radical (unpaired) electrons. The Bertz CT molecular complexity index is 827. The van der Waals surface area contributed by atoms with Gasteiger partial charge < -0.3 is 25.0 Å². The van der Waals surface area contributed by atoms with Crippen molar-refractivity contribution in [1.29, 1.82) is 0 Å². The molecule has 1 aromatic heterocycles. The van der Waals surface area contributed by atoms with E-state index in [1.807, 2.05) is 0 Å². The number of anilines is 2. The highest BCUT2D eigenvalue weighted by molar-refractivity contribution is 5.98. The number of amides is 1. The maximum absolute atomic E-state index is 11.9. The minimum Gasteiger partial charge on any atom is -0.494 e. The Morgan fingerprint density at radius 3 is 2.73 bits per heavy atom. The van der Waals surface area contributed by atoms with E-state index in [1.54, 1.807) is 6.92 Å². The molecule has 0 atom stereocenters. The molecule has 0 fully saturated rings. The van der Waals surface area contributed by atoms with Gasteiger partial charge in [0.1, 0.15) is 17.0 Å². The van der Waals surface area contributed by atoms with Crippen LogP contribution in [0.15, 0.2) is 22.7 Å². The van der Waals surface area contributed by atoms with Crippen LogP contribution in [0.5, 0.6) is 5.75 Å². The van der Waals surface area contributed by atoms with Crippen LogP contribution < -0.4 is 15.8 Å². The van der Waals surface area contributed by atoms with Gasteiger partial charge in [0.25, 0.3) is 11.6 Å². The molecular formula is C15H16N4O7. The number of hydrogen-bond donors (Lipinski definition) is 2. The highest BCUT2D eigenvalue weighted by atomic mass is 16.6. The number of hydrogen-bond acceptors (Lipinski definition) is 9. The Labute approximate surface area is 147 Å². The number of ether oxygens (including phenoxy) is 2. The molecule has 0 spiro atoms. The molecule has 0 aliphatic heterocycles. The molecule has 0 saturated carbocycles. The van der Waals surface area contributed by atoms with Gasteiger partial charge in [0, 0.05) is 0 Å². The highest BCUT2D eigenvalue weighted by Gasteiger charge is 2.22. The number of nitro benzene ring substituents is 1. The number of aromatic nitrogens is 1. The van der Waals surface area contributed by atoms with Crippen LogP contribution in [0.1, 0.15) is 23.0 Å². The van der Waals surface area contributed by atoms with Gasteiger partial charge in [-0.05, 0) is 26.0 Å². The summed E-state index contributed by atoms with van der Waals surface area (Å²) in [5, 5.41) is 16.9. The summed E-state index contributed by atoms with van der Waals surface area (Å²) in [5.41, 5.74) is 5.18. The van der Waals surface area contributed by atoms with Gasteiger partial charge in [-0.1, -0.05) is 5.16 Å². The molecule has 11 heteroatoms. The van der Waals surface area contributed by atoms with Crippen LogP contribution in [-0.2, 0) is 9.53 Å². The fraction of sp³-hybridized carbons (Fsp3) is 0.267. The van der Waals surface area contributed by atoms with E-state index < -0.39 is 23.4 Å². The molecule has 0 aliphatic rings. The van der Waals surface area contributed by atoms with Gasteiger partial charge in [-0.3, -0.25) is 14.9 Å². The quantitative estimate of drug-likeness (QED) is 0.423. The number of nitrogens with one attached hydrogen (secondary N) is 1. The standard InChI is InChI=1S/C15H16N4O7/c1-3-24-9-4-5-10(11(6-9)19(22)23)17-12(20)7-25-15(21)13-8(2)18-26-14(13)16/h4-6H,3,7,16H2,1-2H3,(H,17,20). The second kappa shape index (κ2) is 7.96. The maximum Gasteiger partial charge on any atom is 0.346 e. The van der Waals surface area contributed by atoms with Crippen molar-refractivity contribution in [1.82, 2.24) is 5.16 Å². The van der Waals surface area contributed by atoms with Gasteiger partial charge in [-0.25, -0.2) is 4.79 Å². The lowest BCUT2D eigenvalue weighted by Gasteiger charge is -2.09. The molecule has 26 heavy (non-hydrogen) atoms. The first-order valence-corrected chi connectivity index (χ1v) is 7.43. The monoisotopic (exact) mass is 364 g/mol. The topological polar surface area (TPSA) is 160 Å². The molecule has 1 aromatic carbocycles. The normalized spacial score (nSPS) is 10.2. The summed E-state index contributed by atoms with van der Waals surface area (Å²) in [6, 6.07) is 3.98. The highest BCUT2D eigenvalue weighted by Crippen LogP contribution is 2.29. The number of carbonyl (C=O) groups is 2. The number of aryl methyl sites for hydroxylation is 1. The van der Waals surface area contributed by atoms with Crippen LogP contribution in [0.25, 0.3) is 0 Å². The fourth-order valence-electron chi connectivity index (χ4n) is 2.05. The molecule has 3 N–H and O–H groups in total. The van der Waals surface area contributed by atoms with Crippen molar-refractivity contribution in [2.75, 3.05) is 24.3 Å². The number of nitrogen functional groups attached to an aromatic ring is 1. The Balaban J connectivity index is 2.03. The SMILES string of the molecule is CCOc1ccc(NC(=O)COC(=O)c2c(C)noc2N)c([N+](=O)[O-])c1. The lowest BCUT2D eigenvalue weighted by molar-refractivity contribution is -0.384. The van der Waals surface area contributed by atoms with Crippen molar-refractivity contribution >= 4 is 29.1 Å². The van der Waals surface area contributed by atoms with E-state index in [0.717, 1.165) is 0 Å². The summed E-state index contributed by atoms with van der Waals surface area (Å²) >= 11 is 0. The molecular weight excluding hydrogens is 348 g/mol. The molecule has 1 heterocycles.